The number of benzene rings is 2. The Balaban J connectivity index is 0.00000363. The van der Waals surface area contributed by atoms with E-state index >= 15 is 0 Å². The van der Waals surface area contributed by atoms with Crippen molar-refractivity contribution in [2.24, 2.45) is 4.99 Å². The number of aromatic nitrogens is 1. The quantitative estimate of drug-likeness (QED) is 0.227. The van der Waals surface area contributed by atoms with E-state index in [0.29, 0.717) is 42.2 Å². The van der Waals surface area contributed by atoms with Crippen LogP contribution in [0.4, 0.5) is 10.1 Å². The van der Waals surface area contributed by atoms with Crippen LogP contribution >= 0.6 is 24.0 Å². The molecule has 0 unspecified atom stereocenters. The molecular weight excluding hydrogens is 526 g/mol. The maximum absolute atomic E-state index is 13.0. The van der Waals surface area contributed by atoms with Crippen molar-refractivity contribution >= 4 is 35.6 Å². The molecule has 0 aliphatic rings. The number of ether oxygens (including phenoxy) is 3. The number of rotatable bonds is 8. The molecular formula is C23H26FIN4O3. The van der Waals surface area contributed by atoms with Crippen molar-refractivity contribution in [1.82, 2.24) is 10.3 Å². The molecule has 0 fully saturated rings. The topological polar surface area (TPSA) is 77.0 Å². The highest BCUT2D eigenvalue weighted by atomic mass is 127. The Hall–Kier alpha value is -3.08. The fourth-order valence-corrected chi connectivity index (χ4v) is 2.72. The Morgan fingerprint density at radius 2 is 1.84 bits per heavy atom. The van der Waals surface area contributed by atoms with Crippen molar-refractivity contribution in [3.05, 3.63) is 72.2 Å². The Morgan fingerprint density at radius 3 is 2.47 bits per heavy atom. The zero-order valence-electron chi connectivity index (χ0n) is 18.1. The van der Waals surface area contributed by atoms with Crippen LogP contribution in [0.15, 0.2) is 65.8 Å². The summed E-state index contributed by atoms with van der Waals surface area (Å²) in [5.74, 6) is 2.57. The third kappa shape index (κ3) is 7.26. The van der Waals surface area contributed by atoms with Gasteiger partial charge in [0.25, 0.3) is 0 Å². The van der Waals surface area contributed by atoms with E-state index in [1.54, 1.807) is 38.6 Å². The molecule has 32 heavy (non-hydrogen) atoms. The normalized spacial score (nSPS) is 10.7. The number of nitrogens with one attached hydrogen (secondary N) is 2. The second kappa shape index (κ2) is 12.7. The monoisotopic (exact) mass is 552 g/mol. The number of aliphatic imine (C=N–C) groups is 1. The van der Waals surface area contributed by atoms with E-state index in [9.17, 15) is 4.39 Å². The molecule has 2 aromatic carbocycles. The smallest absolute Gasteiger partial charge is 0.219 e. The van der Waals surface area contributed by atoms with Crippen molar-refractivity contribution in [3.8, 4) is 23.1 Å². The molecule has 0 saturated carbocycles. The van der Waals surface area contributed by atoms with E-state index in [0.717, 1.165) is 11.3 Å². The SMILES string of the molecule is CCOc1ccc(NC(=NC)NCc2ccc(Oc3ccc(F)cc3)nc2)cc1OC.I. The van der Waals surface area contributed by atoms with E-state index in [4.69, 9.17) is 14.2 Å². The molecule has 7 nitrogen and oxygen atoms in total. The lowest BCUT2D eigenvalue weighted by atomic mass is 10.2. The minimum absolute atomic E-state index is 0. The maximum Gasteiger partial charge on any atom is 0.219 e. The molecule has 1 aromatic heterocycles. The highest BCUT2D eigenvalue weighted by Crippen LogP contribution is 2.30. The molecule has 2 N–H and O–H groups in total. The van der Waals surface area contributed by atoms with Crippen LogP contribution in [-0.2, 0) is 6.54 Å². The van der Waals surface area contributed by atoms with Crippen LogP contribution in [0.25, 0.3) is 0 Å². The third-order valence-electron chi connectivity index (χ3n) is 4.24. The summed E-state index contributed by atoms with van der Waals surface area (Å²) in [4.78, 5) is 8.53. The Labute approximate surface area is 204 Å². The minimum Gasteiger partial charge on any atom is -0.493 e. The predicted octanol–water partition coefficient (Wildman–Crippen LogP) is 5.23. The lowest BCUT2D eigenvalue weighted by Crippen LogP contribution is -2.30. The van der Waals surface area contributed by atoms with Crippen LogP contribution in [0.3, 0.4) is 0 Å². The van der Waals surface area contributed by atoms with E-state index in [1.165, 1.54) is 12.1 Å². The van der Waals surface area contributed by atoms with Crippen molar-refractivity contribution in [2.75, 3.05) is 26.1 Å². The highest BCUT2D eigenvalue weighted by Gasteiger charge is 2.07. The number of anilines is 1. The number of hydrogen-bond donors (Lipinski definition) is 2. The van der Waals surface area contributed by atoms with Gasteiger partial charge in [0.05, 0.1) is 13.7 Å². The van der Waals surface area contributed by atoms with Gasteiger partial charge in [-0.25, -0.2) is 9.37 Å². The standard InChI is InChI=1S/C23H25FN4O3.HI/c1-4-30-20-11-8-18(13-21(20)29-3)28-23(25-2)27-15-16-5-12-22(26-14-16)31-19-9-6-17(24)7-10-19;/h5-14H,4,15H2,1-3H3,(H2,25,27,28);1H. The first-order valence-electron chi connectivity index (χ1n) is 9.78. The molecule has 1 heterocycles. The summed E-state index contributed by atoms with van der Waals surface area (Å²) < 4.78 is 29.5. The second-order valence-corrected chi connectivity index (χ2v) is 6.41. The van der Waals surface area contributed by atoms with Crippen molar-refractivity contribution < 1.29 is 18.6 Å². The average molecular weight is 552 g/mol. The molecule has 9 heteroatoms. The van der Waals surface area contributed by atoms with Gasteiger partial charge in [-0.05, 0) is 48.9 Å². The van der Waals surface area contributed by atoms with Crippen LogP contribution in [0, 0.1) is 5.82 Å². The summed E-state index contributed by atoms with van der Waals surface area (Å²) in [6.45, 7) is 3.00. The maximum atomic E-state index is 13.0. The Kier molecular flexibility index (Phi) is 9.99. The van der Waals surface area contributed by atoms with Crippen LogP contribution in [0.2, 0.25) is 0 Å². The molecule has 0 radical (unpaired) electrons. The van der Waals surface area contributed by atoms with Crippen LogP contribution in [-0.4, -0.2) is 31.7 Å². The molecule has 0 spiro atoms. The molecule has 0 amide bonds. The van der Waals surface area contributed by atoms with E-state index in [-0.39, 0.29) is 29.8 Å². The van der Waals surface area contributed by atoms with Crippen LogP contribution in [0.1, 0.15) is 12.5 Å². The van der Waals surface area contributed by atoms with Gasteiger partial charge in [-0.2, -0.15) is 0 Å². The molecule has 3 aromatic rings. The van der Waals surface area contributed by atoms with Gasteiger partial charge < -0.3 is 24.8 Å². The van der Waals surface area contributed by atoms with Gasteiger partial charge in [-0.1, -0.05) is 6.07 Å². The number of nitrogens with zero attached hydrogens (tertiary/aromatic N) is 2. The largest absolute Gasteiger partial charge is 0.493 e. The zero-order valence-corrected chi connectivity index (χ0v) is 20.4. The molecule has 3 rings (SSSR count). The third-order valence-corrected chi connectivity index (χ3v) is 4.24. The van der Waals surface area contributed by atoms with Gasteiger partial charge in [-0.15, -0.1) is 24.0 Å². The summed E-state index contributed by atoms with van der Waals surface area (Å²) >= 11 is 0. The number of pyridine rings is 1. The fourth-order valence-electron chi connectivity index (χ4n) is 2.72. The van der Waals surface area contributed by atoms with Gasteiger partial charge >= 0.3 is 0 Å². The summed E-state index contributed by atoms with van der Waals surface area (Å²) in [6.07, 6.45) is 1.71. The van der Waals surface area contributed by atoms with Gasteiger partial charge in [0.2, 0.25) is 5.88 Å². The highest BCUT2D eigenvalue weighted by molar-refractivity contribution is 14.0. The lowest BCUT2D eigenvalue weighted by Gasteiger charge is -2.14. The first kappa shape index (κ1) is 25.2. The molecule has 0 bridgehead atoms. The van der Waals surface area contributed by atoms with Crippen molar-refractivity contribution in [1.29, 1.82) is 0 Å². The molecule has 0 saturated heterocycles. The lowest BCUT2D eigenvalue weighted by molar-refractivity contribution is 0.311. The van der Waals surface area contributed by atoms with Crippen molar-refractivity contribution in [2.45, 2.75) is 13.5 Å². The molecule has 170 valence electrons. The fraction of sp³-hybridized carbons (Fsp3) is 0.217. The van der Waals surface area contributed by atoms with Crippen LogP contribution < -0.4 is 24.8 Å². The summed E-state index contributed by atoms with van der Waals surface area (Å²) in [5.41, 5.74) is 1.76. The number of guanidine groups is 1. The van der Waals surface area contributed by atoms with E-state index in [1.807, 2.05) is 31.2 Å². The van der Waals surface area contributed by atoms with Gasteiger partial charge in [0.1, 0.15) is 11.6 Å². The van der Waals surface area contributed by atoms with Crippen molar-refractivity contribution in [3.63, 3.8) is 0 Å². The molecule has 0 aliphatic heterocycles. The number of halogens is 2. The number of methoxy groups -OCH3 is 1. The summed E-state index contributed by atoms with van der Waals surface area (Å²) in [6, 6.07) is 15.0. The summed E-state index contributed by atoms with van der Waals surface area (Å²) in [7, 11) is 3.30. The Bertz CT molecular complexity index is 1010. The first-order valence-corrected chi connectivity index (χ1v) is 9.78. The zero-order chi connectivity index (χ0) is 22.1. The average Bonchev–Trinajstić information content (AvgIpc) is 2.80. The summed E-state index contributed by atoms with van der Waals surface area (Å²) in [5, 5.41) is 6.45. The predicted molar refractivity (Wildman–Crippen MR) is 134 cm³/mol. The van der Waals surface area contributed by atoms with Gasteiger partial charge in [-0.3, -0.25) is 4.99 Å². The van der Waals surface area contributed by atoms with Gasteiger partial charge in [0.15, 0.2) is 17.5 Å². The Morgan fingerprint density at radius 1 is 1.06 bits per heavy atom. The first-order chi connectivity index (χ1) is 15.1. The molecule has 0 aliphatic carbocycles. The van der Waals surface area contributed by atoms with E-state index in [2.05, 4.69) is 20.6 Å². The van der Waals surface area contributed by atoms with E-state index < -0.39 is 0 Å². The van der Waals surface area contributed by atoms with Gasteiger partial charge in [0, 0.05) is 37.6 Å². The number of hydrogen-bond acceptors (Lipinski definition) is 5. The van der Waals surface area contributed by atoms with Crippen LogP contribution in [0.5, 0.6) is 23.1 Å². The molecule has 0 atom stereocenters. The second-order valence-electron chi connectivity index (χ2n) is 6.41. The minimum atomic E-state index is -0.313.